The van der Waals surface area contributed by atoms with E-state index in [0.29, 0.717) is 0 Å². The Morgan fingerprint density at radius 3 is 2.33 bits per heavy atom. The zero-order chi connectivity index (χ0) is 11.6. The van der Waals surface area contributed by atoms with Gasteiger partial charge in [0.05, 0.1) is 15.7 Å². The number of anilines is 1. The van der Waals surface area contributed by atoms with E-state index in [1.165, 1.54) is 18.4 Å². The number of hydrogen-bond donors (Lipinski definition) is 2. The normalized spacial score (nSPS) is 11.1. The SMILES string of the molecule is O=[C]c1ccc(NS(=O)(=O)O)c(Cl)c1Cl. The van der Waals surface area contributed by atoms with Gasteiger partial charge in [0.2, 0.25) is 6.29 Å². The molecule has 0 spiro atoms. The van der Waals surface area contributed by atoms with Crippen LogP contribution in [-0.4, -0.2) is 19.3 Å². The maximum absolute atomic E-state index is 10.5. The van der Waals surface area contributed by atoms with Gasteiger partial charge in [0.15, 0.2) is 0 Å². The average molecular weight is 269 g/mol. The van der Waals surface area contributed by atoms with Crippen LogP contribution in [0.3, 0.4) is 0 Å². The molecule has 1 aromatic rings. The van der Waals surface area contributed by atoms with Crippen LogP contribution in [0, 0.1) is 0 Å². The number of hydrogen-bond acceptors (Lipinski definition) is 3. The van der Waals surface area contributed by atoms with Crippen LogP contribution in [-0.2, 0) is 15.1 Å². The first-order valence-electron chi connectivity index (χ1n) is 3.46. The van der Waals surface area contributed by atoms with E-state index in [1.807, 2.05) is 0 Å². The zero-order valence-electron chi connectivity index (χ0n) is 6.99. The molecule has 0 saturated heterocycles. The molecule has 0 atom stereocenters. The van der Waals surface area contributed by atoms with E-state index in [-0.39, 0.29) is 21.3 Å². The maximum atomic E-state index is 10.5. The molecule has 1 radical (unpaired) electrons. The second kappa shape index (κ2) is 4.36. The van der Waals surface area contributed by atoms with E-state index >= 15 is 0 Å². The highest BCUT2D eigenvalue weighted by molar-refractivity contribution is 7.87. The molecule has 15 heavy (non-hydrogen) atoms. The maximum Gasteiger partial charge on any atom is 0.357 e. The predicted octanol–water partition coefficient (Wildman–Crippen LogP) is 1.67. The summed E-state index contributed by atoms with van der Waals surface area (Å²) in [5.74, 6) is 0. The van der Waals surface area contributed by atoms with E-state index < -0.39 is 10.3 Å². The first kappa shape index (κ1) is 12.3. The van der Waals surface area contributed by atoms with Crippen molar-refractivity contribution in [3.63, 3.8) is 0 Å². The summed E-state index contributed by atoms with van der Waals surface area (Å²) in [6.07, 6.45) is 1.52. The Morgan fingerprint density at radius 2 is 1.87 bits per heavy atom. The third-order valence-corrected chi connectivity index (χ3v) is 2.79. The number of benzene rings is 1. The van der Waals surface area contributed by atoms with Crippen LogP contribution in [0.25, 0.3) is 0 Å². The summed E-state index contributed by atoms with van der Waals surface area (Å²) in [4.78, 5) is 10.3. The third-order valence-electron chi connectivity index (χ3n) is 1.43. The van der Waals surface area contributed by atoms with Gasteiger partial charge in [-0.05, 0) is 12.1 Å². The van der Waals surface area contributed by atoms with Crippen molar-refractivity contribution in [1.82, 2.24) is 0 Å². The van der Waals surface area contributed by atoms with Crippen LogP contribution in [0.15, 0.2) is 12.1 Å². The molecule has 0 fully saturated rings. The molecular weight excluding hydrogens is 265 g/mol. The van der Waals surface area contributed by atoms with Crippen LogP contribution in [0.5, 0.6) is 0 Å². The molecule has 0 heterocycles. The Bertz CT molecular complexity index is 500. The van der Waals surface area contributed by atoms with Crippen molar-refractivity contribution >= 4 is 45.5 Å². The van der Waals surface area contributed by atoms with Crippen molar-refractivity contribution in [2.24, 2.45) is 0 Å². The van der Waals surface area contributed by atoms with Gasteiger partial charge >= 0.3 is 10.3 Å². The van der Waals surface area contributed by atoms with Gasteiger partial charge in [-0.1, -0.05) is 23.2 Å². The molecule has 0 aliphatic heterocycles. The van der Waals surface area contributed by atoms with Gasteiger partial charge in [-0.2, -0.15) is 8.42 Å². The van der Waals surface area contributed by atoms with Crippen molar-refractivity contribution in [1.29, 1.82) is 0 Å². The first-order chi connectivity index (χ1) is 6.85. The molecular formula is C7H4Cl2NO4S. The van der Waals surface area contributed by atoms with E-state index in [1.54, 1.807) is 4.72 Å². The number of nitrogens with one attached hydrogen (secondary N) is 1. The Kier molecular flexibility index (Phi) is 3.56. The Morgan fingerprint density at radius 1 is 1.27 bits per heavy atom. The molecule has 0 amide bonds. The molecule has 0 bridgehead atoms. The second-order valence-electron chi connectivity index (χ2n) is 2.47. The fourth-order valence-electron chi connectivity index (χ4n) is 0.846. The largest absolute Gasteiger partial charge is 0.357 e. The summed E-state index contributed by atoms with van der Waals surface area (Å²) in [5, 5.41) is -0.324. The molecule has 0 saturated carbocycles. The summed E-state index contributed by atoms with van der Waals surface area (Å²) in [5.41, 5.74) is -0.120. The number of halogens is 2. The molecule has 2 N–H and O–H groups in total. The lowest BCUT2D eigenvalue weighted by molar-refractivity contribution is 0.489. The van der Waals surface area contributed by atoms with Crippen LogP contribution in [0.1, 0.15) is 5.56 Å². The second-order valence-corrected chi connectivity index (χ2v) is 4.38. The minimum Gasteiger partial charge on any atom is -0.285 e. The third kappa shape index (κ3) is 3.07. The highest BCUT2D eigenvalue weighted by Gasteiger charge is 2.13. The van der Waals surface area contributed by atoms with Gasteiger partial charge in [-0.3, -0.25) is 14.1 Å². The van der Waals surface area contributed by atoms with Crippen LogP contribution < -0.4 is 4.72 Å². The molecule has 0 aromatic heterocycles. The lowest BCUT2D eigenvalue weighted by atomic mass is 10.2. The Hall–Kier alpha value is -0.820. The molecule has 0 aliphatic carbocycles. The van der Waals surface area contributed by atoms with Crippen molar-refractivity contribution < 1.29 is 17.8 Å². The van der Waals surface area contributed by atoms with Gasteiger partial charge in [-0.15, -0.1) is 0 Å². The van der Waals surface area contributed by atoms with E-state index in [2.05, 4.69) is 0 Å². The molecule has 5 nitrogen and oxygen atoms in total. The zero-order valence-corrected chi connectivity index (χ0v) is 9.32. The highest BCUT2D eigenvalue weighted by Crippen LogP contribution is 2.32. The minimum absolute atomic E-state index is 0.00237. The Balaban J connectivity index is 3.24. The summed E-state index contributed by atoms with van der Waals surface area (Å²) < 4.78 is 31.2. The van der Waals surface area contributed by atoms with Gasteiger partial charge < -0.3 is 0 Å². The predicted molar refractivity (Wildman–Crippen MR) is 56.4 cm³/mol. The smallest absolute Gasteiger partial charge is 0.285 e. The van der Waals surface area contributed by atoms with Crippen LogP contribution >= 0.6 is 23.2 Å². The molecule has 1 aromatic carbocycles. The molecule has 0 aliphatic rings. The lowest BCUT2D eigenvalue weighted by Crippen LogP contribution is -2.10. The lowest BCUT2D eigenvalue weighted by Gasteiger charge is -2.07. The van der Waals surface area contributed by atoms with E-state index in [4.69, 9.17) is 27.8 Å². The fraction of sp³-hybridized carbons (Fsp3) is 0. The van der Waals surface area contributed by atoms with Crippen molar-refractivity contribution in [3.05, 3.63) is 27.7 Å². The number of rotatable bonds is 3. The summed E-state index contributed by atoms with van der Waals surface area (Å²) >= 11 is 11.3. The quantitative estimate of drug-likeness (QED) is 0.817. The molecule has 1 rings (SSSR count). The summed E-state index contributed by atoms with van der Waals surface area (Å²) in [7, 11) is -4.43. The van der Waals surface area contributed by atoms with E-state index in [0.717, 1.165) is 0 Å². The van der Waals surface area contributed by atoms with Crippen molar-refractivity contribution in [2.75, 3.05) is 4.72 Å². The van der Waals surface area contributed by atoms with Gasteiger partial charge in [0, 0.05) is 5.56 Å². The van der Waals surface area contributed by atoms with Crippen LogP contribution in [0.2, 0.25) is 10.0 Å². The topological polar surface area (TPSA) is 83.5 Å². The first-order valence-corrected chi connectivity index (χ1v) is 5.66. The average Bonchev–Trinajstić information content (AvgIpc) is 2.11. The Labute approximate surface area is 95.9 Å². The minimum atomic E-state index is -4.43. The van der Waals surface area contributed by atoms with Gasteiger partial charge in [0.25, 0.3) is 0 Å². The standard InChI is InChI=1S/C7H4Cl2NO4S/c8-6-4(3-11)1-2-5(7(6)9)10-15(12,13)14/h1-2,10H,(H,12,13,14). The van der Waals surface area contributed by atoms with Crippen molar-refractivity contribution in [3.8, 4) is 0 Å². The fourth-order valence-corrected chi connectivity index (χ4v) is 1.77. The molecule has 81 valence electrons. The highest BCUT2D eigenvalue weighted by atomic mass is 35.5. The number of carbonyl (C=O) groups excluding carboxylic acids is 1. The van der Waals surface area contributed by atoms with Gasteiger partial charge in [-0.25, -0.2) is 0 Å². The van der Waals surface area contributed by atoms with Gasteiger partial charge in [0.1, 0.15) is 0 Å². The molecule has 8 heteroatoms. The van der Waals surface area contributed by atoms with Crippen molar-refractivity contribution in [2.45, 2.75) is 0 Å². The summed E-state index contributed by atoms with van der Waals surface area (Å²) in [6, 6.07) is 2.40. The molecule has 0 unspecified atom stereocenters. The van der Waals surface area contributed by atoms with Crippen LogP contribution in [0.4, 0.5) is 5.69 Å². The summed E-state index contributed by atoms with van der Waals surface area (Å²) in [6.45, 7) is 0. The monoisotopic (exact) mass is 268 g/mol. The van der Waals surface area contributed by atoms with E-state index in [9.17, 15) is 13.2 Å².